The fourth-order valence-corrected chi connectivity index (χ4v) is 6.48. The summed E-state index contributed by atoms with van der Waals surface area (Å²) in [5.74, 6) is -1.19. The molecule has 0 aliphatic heterocycles. The largest absolute Gasteiger partial charge is 0.393 e. The summed E-state index contributed by atoms with van der Waals surface area (Å²) in [6, 6.07) is 3.83. The monoisotopic (exact) mass is 494 g/mol. The molecule has 2 saturated carbocycles. The first-order valence-corrected chi connectivity index (χ1v) is 13.4. The number of amides is 1. The zero-order valence-electron chi connectivity index (χ0n) is 18.3. The van der Waals surface area contributed by atoms with Gasteiger partial charge in [0.05, 0.1) is 17.6 Å². The summed E-state index contributed by atoms with van der Waals surface area (Å²) < 4.78 is 39.8. The number of sulfone groups is 1. The topological polar surface area (TPSA) is 117 Å². The first kappa shape index (κ1) is 24.0. The second kappa shape index (κ2) is 9.25. The maximum absolute atomic E-state index is 14.9. The SMILES string of the molecule is CC(O)(CO)c1csc(NC(=O)/C(=C/C2CCCC2)c2ccc(S(=O)(=O)C3CC3)c(F)c2)n1. The number of aliphatic hydroxyl groups excluding tert-OH is 1. The van der Waals surface area contributed by atoms with Gasteiger partial charge < -0.3 is 10.2 Å². The van der Waals surface area contributed by atoms with Crippen LogP contribution in [0.2, 0.25) is 0 Å². The second-order valence-electron chi connectivity index (χ2n) is 8.94. The summed E-state index contributed by atoms with van der Waals surface area (Å²) in [4.78, 5) is 17.0. The number of anilines is 1. The van der Waals surface area contributed by atoms with Crippen molar-refractivity contribution in [3.63, 3.8) is 0 Å². The number of benzene rings is 1. The molecule has 2 fully saturated rings. The van der Waals surface area contributed by atoms with Gasteiger partial charge in [-0.2, -0.15) is 0 Å². The third-order valence-electron chi connectivity index (χ3n) is 6.14. The van der Waals surface area contributed by atoms with Gasteiger partial charge in [-0.15, -0.1) is 11.3 Å². The van der Waals surface area contributed by atoms with Crippen molar-refractivity contribution in [3.05, 3.63) is 46.7 Å². The Labute approximate surface area is 196 Å². The number of halogens is 1. The molecule has 1 aromatic heterocycles. The van der Waals surface area contributed by atoms with Crippen molar-refractivity contribution in [3.8, 4) is 0 Å². The van der Waals surface area contributed by atoms with E-state index in [2.05, 4.69) is 10.3 Å². The molecule has 0 bridgehead atoms. The number of allylic oxidation sites excluding steroid dienone is 1. The van der Waals surface area contributed by atoms with Crippen LogP contribution in [0.15, 0.2) is 34.6 Å². The standard InChI is InChI=1S/C23H27FN2O5S2/c1-23(29,13-27)20-12-32-22(25-20)26-21(28)17(10-14-4-2-3-5-14)15-6-9-19(18(24)11-15)33(30,31)16-7-8-16/h6,9-12,14,16,27,29H,2-5,7-8,13H2,1H3,(H,25,26,28)/b17-10+. The zero-order chi connectivity index (χ0) is 23.8. The smallest absolute Gasteiger partial charge is 0.257 e. The molecule has 10 heteroatoms. The summed E-state index contributed by atoms with van der Waals surface area (Å²) in [5.41, 5.74) is -0.756. The summed E-state index contributed by atoms with van der Waals surface area (Å²) in [5, 5.41) is 23.4. The first-order valence-electron chi connectivity index (χ1n) is 11.0. The van der Waals surface area contributed by atoms with Crippen LogP contribution in [0.3, 0.4) is 0 Å². The normalized spacial score (nSPS) is 19.5. The lowest BCUT2D eigenvalue weighted by molar-refractivity contribution is -0.111. The van der Waals surface area contributed by atoms with Gasteiger partial charge in [0.2, 0.25) is 0 Å². The van der Waals surface area contributed by atoms with Gasteiger partial charge in [0.15, 0.2) is 15.0 Å². The average Bonchev–Trinajstić information content (AvgIpc) is 3.32. The Morgan fingerprint density at radius 3 is 2.61 bits per heavy atom. The van der Waals surface area contributed by atoms with E-state index in [1.165, 1.54) is 19.1 Å². The fraction of sp³-hybridized carbons (Fsp3) is 0.478. The van der Waals surface area contributed by atoms with Crippen LogP contribution in [0, 0.1) is 11.7 Å². The highest BCUT2D eigenvalue weighted by molar-refractivity contribution is 7.92. The molecule has 2 aliphatic rings. The van der Waals surface area contributed by atoms with Crippen molar-refractivity contribution in [1.82, 2.24) is 4.98 Å². The number of hydrogen-bond acceptors (Lipinski definition) is 7. The molecule has 3 N–H and O–H groups in total. The molecule has 1 amide bonds. The molecule has 1 atom stereocenters. The van der Waals surface area contributed by atoms with Gasteiger partial charge >= 0.3 is 0 Å². The lowest BCUT2D eigenvalue weighted by Crippen LogP contribution is -2.26. The zero-order valence-corrected chi connectivity index (χ0v) is 19.9. The number of rotatable bonds is 8. The maximum Gasteiger partial charge on any atom is 0.257 e. The Morgan fingerprint density at radius 1 is 1.30 bits per heavy atom. The van der Waals surface area contributed by atoms with Crippen molar-refractivity contribution in [1.29, 1.82) is 0 Å². The molecule has 1 unspecified atom stereocenters. The lowest BCUT2D eigenvalue weighted by atomic mass is 9.98. The van der Waals surface area contributed by atoms with Crippen molar-refractivity contribution >= 4 is 37.8 Å². The van der Waals surface area contributed by atoms with Crippen LogP contribution in [0.1, 0.15) is 56.7 Å². The number of hydrogen-bond donors (Lipinski definition) is 3. The summed E-state index contributed by atoms with van der Waals surface area (Å²) in [6.07, 6.45) is 6.85. The molecule has 2 aliphatic carbocycles. The number of carbonyl (C=O) groups is 1. The van der Waals surface area contributed by atoms with E-state index in [1.54, 1.807) is 5.38 Å². The molecule has 178 valence electrons. The highest BCUT2D eigenvalue weighted by Gasteiger charge is 2.38. The van der Waals surface area contributed by atoms with E-state index < -0.39 is 39.0 Å². The Kier molecular flexibility index (Phi) is 6.73. The van der Waals surface area contributed by atoms with E-state index in [4.69, 9.17) is 0 Å². The van der Waals surface area contributed by atoms with Crippen molar-refractivity contribution < 1.29 is 27.8 Å². The van der Waals surface area contributed by atoms with Gasteiger partial charge in [0.1, 0.15) is 16.3 Å². The second-order valence-corrected chi connectivity index (χ2v) is 12.0. The molecule has 0 spiro atoms. The number of nitrogens with zero attached hydrogens (tertiary/aromatic N) is 1. The fourth-order valence-electron chi connectivity index (χ4n) is 3.94. The molecule has 7 nitrogen and oxygen atoms in total. The van der Waals surface area contributed by atoms with Crippen LogP contribution in [-0.4, -0.2) is 41.4 Å². The Hall–Kier alpha value is -2.14. The van der Waals surface area contributed by atoms with Gasteiger partial charge in [0, 0.05) is 11.0 Å². The molecular formula is C23H27FN2O5S2. The number of nitrogens with one attached hydrogen (secondary N) is 1. The van der Waals surface area contributed by atoms with Crippen LogP contribution in [0.5, 0.6) is 0 Å². The van der Waals surface area contributed by atoms with E-state index in [0.717, 1.165) is 43.1 Å². The average molecular weight is 495 g/mol. The highest BCUT2D eigenvalue weighted by Crippen LogP contribution is 2.36. The third-order valence-corrected chi connectivity index (χ3v) is 9.19. The maximum atomic E-state index is 14.9. The molecule has 1 aromatic carbocycles. The molecule has 1 heterocycles. The predicted molar refractivity (Wildman–Crippen MR) is 124 cm³/mol. The van der Waals surface area contributed by atoms with Gasteiger partial charge in [0.25, 0.3) is 5.91 Å². The van der Waals surface area contributed by atoms with Crippen LogP contribution in [-0.2, 0) is 20.2 Å². The summed E-state index contributed by atoms with van der Waals surface area (Å²) in [6.45, 7) is 0.894. The van der Waals surface area contributed by atoms with Gasteiger partial charge in [-0.05, 0) is 56.2 Å². The third kappa shape index (κ3) is 5.18. The number of carbonyl (C=O) groups excluding carboxylic acids is 1. The minimum atomic E-state index is -3.69. The van der Waals surface area contributed by atoms with Crippen LogP contribution >= 0.6 is 11.3 Å². The molecule has 33 heavy (non-hydrogen) atoms. The summed E-state index contributed by atoms with van der Waals surface area (Å²) in [7, 11) is -3.69. The molecule has 2 aromatic rings. The van der Waals surface area contributed by atoms with Crippen molar-refractivity contribution in [2.24, 2.45) is 5.92 Å². The lowest BCUT2D eigenvalue weighted by Gasteiger charge is -2.17. The minimum Gasteiger partial charge on any atom is -0.393 e. The van der Waals surface area contributed by atoms with E-state index in [1.807, 2.05) is 6.08 Å². The highest BCUT2D eigenvalue weighted by atomic mass is 32.2. The number of aromatic nitrogens is 1. The molecule has 0 radical (unpaired) electrons. The quantitative estimate of drug-likeness (QED) is 0.483. The molecule has 4 rings (SSSR count). The first-order chi connectivity index (χ1) is 15.6. The van der Waals surface area contributed by atoms with Gasteiger partial charge in [-0.3, -0.25) is 10.1 Å². The van der Waals surface area contributed by atoms with E-state index in [0.29, 0.717) is 18.4 Å². The number of aliphatic hydroxyl groups is 2. The van der Waals surface area contributed by atoms with Crippen molar-refractivity contribution in [2.45, 2.75) is 61.2 Å². The van der Waals surface area contributed by atoms with Crippen LogP contribution < -0.4 is 5.32 Å². The van der Waals surface area contributed by atoms with Crippen LogP contribution in [0.4, 0.5) is 9.52 Å². The Morgan fingerprint density at radius 2 is 2.00 bits per heavy atom. The van der Waals surface area contributed by atoms with Crippen molar-refractivity contribution in [2.75, 3.05) is 11.9 Å². The van der Waals surface area contributed by atoms with E-state index >= 15 is 0 Å². The number of thiazole rings is 1. The van der Waals surface area contributed by atoms with Gasteiger partial charge in [-0.25, -0.2) is 17.8 Å². The molecular weight excluding hydrogens is 467 g/mol. The molecule has 0 saturated heterocycles. The summed E-state index contributed by atoms with van der Waals surface area (Å²) >= 11 is 1.10. The Balaban J connectivity index is 1.63. The minimum absolute atomic E-state index is 0.172. The van der Waals surface area contributed by atoms with Gasteiger partial charge in [-0.1, -0.05) is 25.0 Å². The van der Waals surface area contributed by atoms with Crippen LogP contribution in [0.25, 0.3) is 5.57 Å². The van der Waals surface area contributed by atoms with E-state index in [-0.39, 0.29) is 27.2 Å². The Bertz CT molecular complexity index is 1180. The predicted octanol–water partition coefficient (Wildman–Crippen LogP) is 3.63. The van der Waals surface area contributed by atoms with E-state index in [9.17, 15) is 27.8 Å².